The lowest BCUT2D eigenvalue weighted by Gasteiger charge is -2.03. The van der Waals surface area contributed by atoms with Gasteiger partial charge in [0, 0.05) is 19.4 Å². The van der Waals surface area contributed by atoms with Crippen molar-refractivity contribution in [3.05, 3.63) is 52.2 Å². The molecular formula is C12H9N3O3. The molecule has 0 unspecified atom stereocenters. The van der Waals surface area contributed by atoms with Gasteiger partial charge in [-0.05, 0) is 18.2 Å². The van der Waals surface area contributed by atoms with Gasteiger partial charge in [-0.15, -0.1) is 0 Å². The van der Waals surface area contributed by atoms with Gasteiger partial charge in [0.1, 0.15) is 0 Å². The molecule has 90 valence electrons. The van der Waals surface area contributed by atoms with Crippen LogP contribution >= 0.6 is 0 Å². The molecule has 0 bridgehead atoms. The van der Waals surface area contributed by atoms with Gasteiger partial charge >= 0.3 is 5.69 Å². The lowest BCUT2D eigenvalue weighted by molar-refractivity contribution is 0.0693. The Balaban J connectivity index is 2.20. The fourth-order valence-electron chi connectivity index (χ4n) is 2.02. The number of nitrogens with one attached hydrogen (secondary N) is 1. The molecular weight excluding hydrogens is 234 g/mol. The highest BCUT2D eigenvalue weighted by Gasteiger charge is 2.32. The Kier molecular flexibility index (Phi) is 2.00. The number of carbonyl (C=O) groups is 2. The predicted octanol–water partition coefficient (Wildman–Crippen LogP) is 0.391. The van der Waals surface area contributed by atoms with E-state index in [2.05, 4.69) is 4.98 Å². The van der Waals surface area contributed by atoms with Crippen LogP contribution in [0.15, 0.2) is 35.4 Å². The maximum atomic E-state index is 11.8. The number of amides is 2. The summed E-state index contributed by atoms with van der Waals surface area (Å²) in [4.78, 5) is 38.6. The third-order valence-electron chi connectivity index (χ3n) is 3.00. The Bertz CT molecular complexity index is 726. The fourth-order valence-corrected chi connectivity index (χ4v) is 2.02. The first-order valence-electron chi connectivity index (χ1n) is 5.32. The van der Waals surface area contributed by atoms with Gasteiger partial charge in [-0.3, -0.25) is 19.1 Å². The van der Waals surface area contributed by atoms with Crippen LogP contribution in [0.25, 0.3) is 5.69 Å². The summed E-state index contributed by atoms with van der Waals surface area (Å²) in [7, 11) is 1.44. The number of rotatable bonds is 1. The van der Waals surface area contributed by atoms with E-state index in [4.69, 9.17) is 0 Å². The number of aromatic amines is 1. The van der Waals surface area contributed by atoms with Crippen molar-refractivity contribution in [1.29, 1.82) is 0 Å². The molecule has 2 aromatic rings. The molecule has 2 amide bonds. The van der Waals surface area contributed by atoms with Crippen LogP contribution in [0.2, 0.25) is 0 Å². The molecule has 1 aliphatic rings. The molecule has 1 aliphatic heterocycles. The SMILES string of the molecule is CN1C(=O)c2ccc(-n3cc[nH]c3=O)cc2C1=O. The Morgan fingerprint density at radius 2 is 1.78 bits per heavy atom. The maximum Gasteiger partial charge on any atom is 0.330 e. The van der Waals surface area contributed by atoms with Gasteiger partial charge in [-0.1, -0.05) is 0 Å². The summed E-state index contributed by atoms with van der Waals surface area (Å²) >= 11 is 0. The maximum absolute atomic E-state index is 11.8. The average Bonchev–Trinajstić information content (AvgIpc) is 2.89. The molecule has 1 aromatic heterocycles. The van der Waals surface area contributed by atoms with Crippen molar-refractivity contribution < 1.29 is 9.59 Å². The van der Waals surface area contributed by atoms with Crippen LogP contribution in [0, 0.1) is 0 Å². The molecule has 18 heavy (non-hydrogen) atoms. The number of fused-ring (bicyclic) bond motifs is 1. The van der Waals surface area contributed by atoms with E-state index in [0.717, 1.165) is 4.90 Å². The lowest BCUT2D eigenvalue weighted by Crippen LogP contribution is -2.24. The summed E-state index contributed by atoms with van der Waals surface area (Å²) in [5, 5.41) is 0. The van der Waals surface area contributed by atoms with E-state index in [0.29, 0.717) is 16.8 Å². The molecule has 2 heterocycles. The van der Waals surface area contributed by atoms with E-state index in [-0.39, 0.29) is 17.5 Å². The van der Waals surface area contributed by atoms with Gasteiger partial charge in [-0.25, -0.2) is 4.79 Å². The Morgan fingerprint density at radius 1 is 1.06 bits per heavy atom. The van der Waals surface area contributed by atoms with Gasteiger partial charge in [0.25, 0.3) is 11.8 Å². The van der Waals surface area contributed by atoms with Crippen LogP contribution in [0.5, 0.6) is 0 Å². The third kappa shape index (κ3) is 1.26. The van der Waals surface area contributed by atoms with E-state index in [9.17, 15) is 14.4 Å². The van der Waals surface area contributed by atoms with Crippen LogP contribution in [0.4, 0.5) is 0 Å². The summed E-state index contributed by atoms with van der Waals surface area (Å²) in [6.45, 7) is 0. The minimum atomic E-state index is -0.347. The highest BCUT2D eigenvalue weighted by molar-refractivity contribution is 6.21. The molecule has 0 radical (unpaired) electrons. The van der Waals surface area contributed by atoms with Gasteiger partial charge in [0.2, 0.25) is 0 Å². The second-order valence-corrected chi connectivity index (χ2v) is 4.03. The minimum Gasteiger partial charge on any atom is -0.312 e. The van der Waals surface area contributed by atoms with Crippen LogP contribution in [-0.2, 0) is 0 Å². The van der Waals surface area contributed by atoms with Crippen molar-refractivity contribution in [2.45, 2.75) is 0 Å². The van der Waals surface area contributed by atoms with Crippen LogP contribution in [0.3, 0.4) is 0 Å². The first-order valence-corrected chi connectivity index (χ1v) is 5.32. The van der Waals surface area contributed by atoms with E-state index in [1.54, 1.807) is 24.4 Å². The average molecular weight is 243 g/mol. The Hall–Kier alpha value is -2.63. The number of hydrogen-bond donors (Lipinski definition) is 1. The monoisotopic (exact) mass is 243 g/mol. The number of aromatic nitrogens is 2. The van der Waals surface area contributed by atoms with Crippen molar-refractivity contribution in [2.24, 2.45) is 0 Å². The van der Waals surface area contributed by atoms with Gasteiger partial charge in [0.15, 0.2) is 0 Å². The van der Waals surface area contributed by atoms with Crippen molar-refractivity contribution in [2.75, 3.05) is 7.05 Å². The summed E-state index contributed by atoms with van der Waals surface area (Å²) in [5.74, 6) is -0.664. The van der Waals surface area contributed by atoms with E-state index < -0.39 is 0 Å². The van der Waals surface area contributed by atoms with Crippen molar-refractivity contribution in [1.82, 2.24) is 14.5 Å². The van der Waals surface area contributed by atoms with E-state index >= 15 is 0 Å². The summed E-state index contributed by atoms with van der Waals surface area (Å²) in [6.07, 6.45) is 3.07. The molecule has 0 saturated heterocycles. The summed E-state index contributed by atoms with van der Waals surface area (Å²) in [6, 6.07) is 4.75. The molecule has 0 atom stereocenters. The quantitative estimate of drug-likeness (QED) is 0.736. The standard InChI is InChI=1S/C12H9N3O3/c1-14-10(16)8-3-2-7(6-9(8)11(14)17)15-5-4-13-12(15)18/h2-6H,1H3,(H,13,18). The fraction of sp³-hybridized carbons (Fsp3) is 0.0833. The molecule has 6 heteroatoms. The van der Waals surface area contributed by atoms with Gasteiger partial charge < -0.3 is 4.98 Å². The van der Waals surface area contributed by atoms with Gasteiger partial charge in [0.05, 0.1) is 16.8 Å². The first-order chi connectivity index (χ1) is 8.59. The molecule has 1 aromatic carbocycles. The molecule has 3 rings (SSSR count). The topological polar surface area (TPSA) is 75.2 Å². The number of benzene rings is 1. The van der Waals surface area contributed by atoms with Crippen LogP contribution < -0.4 is 5.69 Å². The van der Waals surface area contributed by atoms with Crippen LogP contribution in [0.1, 0.15) is 20.7 Å². The highest BCUT2D eigenvalue weighted by atomic mass is 16.2. The molecule has 6 nitrogen and oxygen atoms in total. The number of imidazole rings is 1. The molecule has 0 spiro atoms. The molecule has 0 fully saturated rings. The molecule has 0 saturated carbocycles. The number of hydrogen-bond acceptors (Lipinski definition) is 3. The summed E-state index contributed by atoms with van der Waals surface area (Å²) < 4.78 is 1.37. The largest absolute Gasteiger partial charge is 0.330 e. The molecule has 0 aliphatic carbocycles. The number of imide groups is 1. The van der Waals surface area contributed by atoms with Crippen molar-refractivity contribution in [3.8, 4) is 5.69 Å². The number of nitrogens with zero attached hydrogens (tertiary/aromatic N) is 2. The second kappa shape index (κ2) is 3.43. The van der Waals surface area contributed by atoms with Crippen molar-refractivity contribution >= 4 is 11.8 Å². The Labute approximate surface area is 101 Å². The minimum absolute atomic E-state index is 0.292. The smallest absolute Gasteiger partial charge is 0.312 e. The first kappa shape index (κ1) is 10.5. The van der Waals surface area contributed by atoms with Gasteiger partial charge in [-0.2, -0.15) is 0 Å². The van der Waals surface area contributed by atoms with Crippen molar-refractivity contribution in [3.63, 3.8) is 0 Å². The zero-order chi connectivity index (χ0) is 12.9. The van der Waals surface area contributed by atoms with E-state index in [1.807, 2.05) is 0 Å². The zero-order valence-corrected chi connectivity index (χ0v) is 9.51. The summed E-state index contributed by atoms with van der Waals surface area (Å²) in [5.41, 5.74) is 0.958. The predicted molar refractivity (Wildman–Crippen MR) is 62.8 cm³/mol. The second-order valence-electron chi connectivity index (χ2n) is 4.03. The van der Waals surface area contributed by atoms with E-state index in [1.165, 1.54) is 17.8 Å². The Morgan fingerprint density at radius 3 is 2.44 bits per heavy atom. The number of H-pyrrole nitrogens is 1. The van der Waals surface area contributed by atoms with Crippen LogP contribution in [-0.4, -0.2) is 33.3 Å². The normalized spacial score (nSPS) is 14.2. The highest BCUT2D eigenvalue weighted by Crippen LogP contribution is 2.23. The number of carbonyl (C=O) groups excluding carboxylic acids is 2. The lowest BCUT2D eigenvalue weighted by atomic mass is 10.1. The molecule has 1 N–H and O–H groups in total. The third-order valence-corrected chi connectivity index (χ3v) is 3.00. The zero-order valence-electron chi connectivity index (χ0n) is 9.51.